The molecule has 2 aromatic rings. The van der Waals surface area contributed by atoms with Gasteiger partial charge in [0.15, 0.2) is 0 Å². The molecule has 150 valence electrons. The Kier molecular flexibility index (Phi) is 7.67. The lowest BCUT2D eigenvalue weighted by molar-refractivity contribution is 0.241. The molecular formula is C17H28Cl2N8. The van der Waals surface area contributed by atoms with Gasteiger partial charge in [0.1, 0.15) is 11.6 Å². The highest BCUT2D eigenvalue weighted by atomic mass is 35.5. The average Bonchev–Trinajstić information content (AvgIpc) is 2.87. The molecule has 4 rings (SSSR count). The molecule has 2 aromatic heterocycles. The molecule has 0 amide bonds. The zero-order chi connectivity index (χ0) is 17.2. The Bertz CT molecular complexity index is 743. The standard InChI is InChI=1S/C17H26N8.2ClH/c1-23-7-6-20-15(23)12-24-8-10-25(11-9-24)16-13-2-4-19-5-3-14(13)21-17(18)22-16;;/h6-7,19H,2-5,8-12H2,1H3,(H2,18,21,22);2*1H. The summed E-state index contributed by atoms with van der Waals surface area (Å²) in [6.45, 7) is 6.76. The smallest absolute Gasteiger partial charge is 0.222 e. The summed E-state index contributed by atoms with van der Waals surface area (Å²) in [4.78, 5) is 18.3. The number of hydrogen-bond donors (Lipinski definition) is 2. The number of nitrogens with one attached hydrogen (secondary N) is 1. The Morgan fingerprint density at radius 1 is 1.07 bits per heavy atom. The monoisotopic (exact) mass is 414 g/mol. The molecule has 0 spiro atoms. The van der Waals surface area contributed by atoms with E-state index in [1.54, 1.807) is 0 Å². The highest BCUT2D eigenvalue weighted by Crippen LogP contribution is 2.25. The molecule has 0 unspecified atom stereocenters. The highest BCUT2D eigenvalue weighted by Gasteiger charge is 2.24. The van der Waals surface area contributed by atoms with Crippen molar-refractivity contribution in [3.63, 3.8) is 0 Å². The van der Waals surface area contributed by atoms with Crippen LogP contribution >= 0.6 is 24.8 Å². The van der Waals surface area contributed by atoms with E-state index >= 15 is 0 Å². The fourth-order valence-corrected chi connectivity index (χ4v) is 3.67. The molecule has 10 heteroatoms. The van der Waals surface area contributed by atoms with Gasteiger partial charge in [0.25, 0.3) is 0 Å². The molecule has 2 aliphatic heterocycles. The predicted octanol–water partition coefficient (Wildman–Crippen LogP) is 0.646. The third kappa shape index (κ3) is 4.82. The Labute approximate surface area is 172 Å². The van der Waals surface area contributed by atoms with Gasteiger partial charge in [-0.1, -0.05) is 0 Å². The second-order valence-corrected chi connectivity index (χ2v) is 6.80. The lowest BCUT2D eigenvalue weighted by atomic mass is 10.1. The first-order chi connectivity index (χ1) is 12.2. The van der Waals surface area contributed by atoms with Gasteiger partial charge in [0, 0.05) is 64.1 Å². The molecule has 0 aromatic carbocycles. The number of imidazole rings is 1. The third-order valence-electron chi connectivity index (χ3n) is 5.14. The van der Waals surface area contributed by atoms with E-state index in [2.05, 4.69) is 34.6 Å². The van der Waals surface area contributed by atoms with Gasteiger partial charge in [0.05, 0.1) is 12.2 Å². The molecule has 0 saturated carbocycles. The number of anilines is 2. The minimum atomic E-state index is 0. The van der Waals surface area contributed by atoms with Crippen LogP contribution in [0.4, 0.5) is 11.8 Å². The van der Waals surface area contributed by atoms with E-state index in [4.69, 9.17) is 5.73 Å². The quantitative estimate of drug-likeness (QED) is 0.761. The molecular weight excluding hydrogens is 387 g/mol. The second-order valence-electron chi connectivity index (χ2n) is 6.80. The fourth-order valence-electron chi connectivity index (χ4n) is 3.67. The Hall–Kier alpha value is -1.61. The van der Waals surface area contributed by atoms with Crippen molar-refractivity contribution in [1.82, 2.24) is 29.7 Å². The first-order valence-corrected chi connectivity index (χ1v) is 9.00. The number of hydrogen-bond acceptors (Lipinski definition) is 7. The van der Waals surface area contributed by atoms with E-state index in [0.717, 1.165) is 76.0 Å². The van der Waals surface area contributed by atoms with E-state index < -0.39 is 0 Å². The number of aromatic nitrogens is 4. The fraction of sp³-hybridized carbons (Fsp3) is 0.588. The van der Waals surface area contributed by atoms with E-state index in [-0.39, 0.29) is 24.8 Å². The number of nitrogen functional groups attached to an aromatic ring is 1. The summed E-state index contributed by atoms with van der Waals surface area (Å²) in [5.41, 5.74) is 8.37. The lowest BCUT2D eigenvalue weighted by Gasteiger charge is -2.36. The first-order valence-electron chi connectivity index (χ1n) is 9.00. The molecule has 27 heavy (non-hydrogen) atoms. The minimum absolute atomic E-state index is 0. The zero-order valence-corrected chi connectivity index (χ0v) is 17.2. The number of piperazine rings is 1. The van der Waals surface area contributed by atoms with Crippen LogP contribution in [-0.2, 0) is 26.4 Å². The molecule has 4 heterocycles. The van der Waals surface area contributed by atoms with Crippen molar-refractivity contribution >= 4 is 36.6 Å². The van der Waals surface area contributed by atoms with Crippen LogP contribution in [0.1, 0.15) is 17.1 Å². The van der Waals surface area contributed by atoms with Crippen molar-refractivity contribution in [2.24, 2.45) is 7.05 Å². The van der Waals surface area contributed by atoms with Gasteiger partial charge in [-0.2, -0.15) is 4.98 Å². The molecule has 2 aliphatic rings. The van der Waals surface area contributed by atoms with Crippen LogP contribution in [0.3, 0.4) is 0 Å². The van der Waals surface area contributed by atoms with Gasteiger partial charge in [-0.25, -0.2) is 9.97 Å². The van der Waals surface area contributed by atoms with Crippen LogP contribution in [0.2, 0.25) is 0 Å². The molecule has 3 N–H and O–H groups in total. The molecule has 8 nitrogen and oxygen atoms in total. The van der Waals surface area contributed by atoms with Gasteiger partial charge in [-0.3, -0.25) is 4.90 Å². The van der Waals surface area contributed by atoms with Crippen LogP contribution in [-0.4, -0.2) is 63.7 Å². The van der Waals surface area contributed by atoms with Crippen LogP contribution in [0, 0.1) is 0 Å². The minimum Gasteiger partial charge on any atom is -0.368 e. The number of nitrogens with two attached hydrogens (primary N) is 1. The highest BCUT2D eigenvalue weighted by molar-refractivity contribution is 5.85. The molecule has 0 aliphatic carbocycles. The number of aryl methyl sites for hydroxylation is 1. The van der Waals surface area contributed by atoms with Crippen molar-refractivity contribution in [1.29, 1.82) is 0 Å². The second kappa shape index (κ2) is 9.54. The normalized spacial score (nSPS) is 17.4. The summed E-state index contributed by atoms with van der Waals surface area (Å²) in [7, 11) is 2.05. The maximum atomic E-state index is 5.98. The van der Waals surface area contributed by atoms with E-state index in [1.807, 2.05) is 19.4 Å². The molecule has 0 bridgehead atoms. The Morgan fingerprint density at radius 2 is 1.81 bits per heavy atom. The number of nitrogens with zero attached hydrogens (tertiary/aromatic N) is 6. The van der Waals surface area contributed by atoms with E-state index in [9.17, 15) is 0 Å². The molecule has 0 radical (unpaired) electrons. The van der Waals surface area contributed by atoms with E-state index in [1.165, 1.54) is 5.56 Å². The van der Waals surface area contributed by atoms with Crippen molar-refractivity contribution in [2.45, 2.75) is 19.4 Å². The zero-order valence-electron chi connectivity index (χ0n) is 15.6. The van der Waals surface area contributed by atoms with Crippen LogP contribution in [0.5, 0.6) is 0 Å². The topological polar surface area (TPSA) is 88.1 Å². The molecule has 1 fully saturated rings. The van der Waals surface area contributed by atoms with Gasteiger partial charge < -0.3 is 20.5 Å². The van der Waals surface area contributed by atoms with Crippen LogP contribution in [0.15, 0.2) is 12.4 Å². The number of fused-ring (bicyclic) bond motifs is 1. The van der Waals surface area contributed by atoms with Crippen molar-refractivity contribution < 1.29 is 0 Å². The van der Waals surface area contributed by atoms with Crippen molar-refractivity contribution in [3.8, 4) is 0 Å². The third-order valence-corrected chi connectivity index (χ3v) is 5.14. The maximum absolute atomic E-state index is 5.98. The summed E-state index contributed by atoms with van der Waals surface area (Å²) in [6, 6.07) is 0. The van der Waals surface area contributed by atoms with Gasteiger partial charge in [0.2, 0.25) is 5.95 Å². The van der Waals surface area contributed by atoms with Gasteiger partial charge in [-0.05, 0) is 13.0 Å². The SMILES string of the molecule is Cl.Cl.Cn1ccnc1CN1CCN(c2nc(N)nc3c2CCNCC3)CC1. The largest absolute Gasteiger partial charge is 0.368 e. The van der Waals surface area contributed by atoms with E-state index in [0.29, 0.717) is 5.95 Å². The summed E-state index contributed by atoms with van der Waals surface area (Å²) >= 11 is 0. The van der Waals surface area contributed by atoms with Crippen LogP contribution in [0.25, 0.3) is 0 Å². The Morgan fingerprint density at radius 3 is 2.52 bits per heavy atom. The maximum Gasteiger partial charge on any atom is 0.222 e. The molecule has 0 atom stereocenters. The van der Waals surface area contributed by atoms with Crippen molar-refractivity contribution in [3.05, 3.63) is 29.5 Å². The van der Waals surface area contributed by atoms with Crippen molar-refractivity contribution in [2.75, 3.05) is 49.9 Å². The summed E-state index contributed by atoms with van der Waals surface area (Å²) in [5, 5.41) is 3.44. The van der Waals surface area contributed by atoms with Crippen LogP contribution < -0.4 is 16.0 Å². The summed E-state index contributed by atoms with van der Waals surface area (Å²) < 4.78 is 2.09. The average molecular weight is 415 g/mol. The number of halogens is 2. The first kappa shape index (κ1) is 21.7. The Balaban J connectivity index is 0.00000131. The summed E-state index contributed by atoms with van der Waals surface area (Å²) in [6.07, 6.45) is 5.75. The molecule has 1 saturated heterocycles. The predicted molar refractivity (Wildman–Crippen MR) is 112 cm³/mol. The number of rotatable bonds is 3. The lowest BCUT2D eigenvalue weighted by Crippen LogP contribution is -2.47. The van der Waals surface area contributed by atoms with Gasteiger partial charge in [-0.15, -0.1) is 24.8 Å². The van der Waals surface area contributed by atoms with Gasteiger partial charge >= 0.3 is 0 Å². The summed E-state index contributed by atoms with van der Waals surface area (Å²) in [5.74, 6) is 2.55.